The lowest BCUT2D eigenvalue weighted by atomic mass is 10.6. The molecular formula is C49H4. The molecule has 0 amide bonds. The van der Waals surface area contributed by atoms with Crippen molar-refractivity contribution in [3.63, 3.8) is 0 Å². The molecule has 0 saturated heterocycles. The van der Waals surface area contributed by atoms with Crippen molar-refractivity contribution in [3.05, 3.63) is 283 Å². The summed E-state index contributed by atoms with van der Waals surface area (Å²) in [7, 11) is 0. The monoisotopic (exact) mass is 592 g/mol. The summed E-state index contributed by atoms with van der Waals surface area (Å²) in [6.07, 6.45) is 0. The van der Waals surface area contributed by atoms with Gasteiger partial charge in [0.2, 0.25) is 0 Å². The van der Waals surface area contributed by atoms with Gasteiger partial charge >= 0.3 is 0 Å². The molecule has 49 heavy (non-hydrogen) atoms. The lowest BCUT2D eigenvalue weighted by Crippen LogP contribution is -1.26. The van der Waals surface area contributed by atoms with Crippen LogP contribution in [0.5, 0.6) is 0 Å². The Hall–Kier alpha value is -10.6. The molecular weight excluding hydrogens is 589 g/mol. The summed E-state index contributed by atoms with van der Waals surface area (Å²) in [6, 6.07) is 0. The summed E-state index contributed by atoms with van der Waals surface area (Å²) in [5, 5.41) is 0. The minimum absolute atomic E-state index is 2.37. The van der Waals surface area contributed by atoms with Crippen molar-refractivity contribution >= 4 is 0 Å². The van der Waals surface area contributed by atoms with E-state index in [1.54, 1.807) is 0 Å². The average molecular weight is 593 g/mol. The first kappa shape index (κ1) is 38.4. The average Bonchev–Trinajstić information content (AvgIpc) is 3.11. The zero-order chi connectivity index (χ0) is 35.2. The summed E-state index contributed by atoms with van der Waals surface area (Å²) >= 11 is 0. The second-order valence-corrected chi connectivity index (χ2v) is 5.98. The molecule has 0 atom stereocenters. The highest BCUT2D eigenvalue weighted by molar-refractivity contribution is 4.97. The number of rotatable bonds is 0. The van der Waals surface area contributed by atoms with E-state index >= 15 is 0 Å². The van der Waals surface area contributed by atoms with Gasteiger partial charge in [0, 0.05) is 166 Å². The van der Waals surface area contributed by atoms with E-state index in [1.807, 2.05) is 0 Å². The normalized spacial score (nSPS) is 3.92. The van der Waals surface area contributed by atoms with E-state index < -0.39 is 0 Å². The Morgan fingerprint density at radius 3 is 0.224 bits per heavy atom. The minimum Gasteiger partial charge on any atom is -0.0687 e. The largest absolute Gasteiger partial charge is 0.0687 e. The molecule has 0 aromatic rings. The molecule has 0 nitrogen and oxygen atoms in total. The van der Waals surface area contributed by atoms with Gasteiger partial charge in [-0.2, -0.15) is 0 Å². The highest BCUT2D eigenvalue weighted by Gasteiger charge is 1.45. The van der Waals surface area contributed by atoms with Gasteiger partial charge in [0.25, 0.3) is 0 Å². The predicted molar refractivity (Wildman–Crippen MR) is 176 cm³/mol. The topological polar surface area (TPSA) is 0 Å². The van der Waals surface area contributed by atoms with Crippen LogP contribution in [0, 0.1) is 0 Å². The second kappa shape index (κ2) is 37.4. The van der Waals surface area contributed by atoms with Gasteiger partial charge in [-0.3, -0.25) is 0 Å². The summed E-state index contributed by atoms with van der Waals surface area (Å²) < 4.78 is 0. The van der Waals surface area contributed by atoms with E-state index in [1.165, 1.54) is 0 Å². The van der Waals surface area contributed by atoms with E-state index in [0.717, 1.165) is 0 Å². The summed E-state index contributed by atoms with van der Waals surface area (Å²) in [5.41, 5.74) is 117. The van der Waals surface area contributed by atoms with Crippen molar-refractivity contribution in [2.75, 3.05) is 0 Å². The van der Waals surface area contributed by atoms with Crippen LogP contribution in [0.25, 0.3) is 0 Å². The maximum atomic E-state index is 3.31. The second-order valence-electron chi connectivity index (χ2n) is 5.98. The van der Waals surface area contributed by atoms with Crippen molar-refractivity contribution in [2.45, 2.75) is 0 Å². The fraction of sp³-hybridized carbons (Fsp3) is 0. The van der Waals surface area contributed by atoms with Gasteiger partial charge in [0.05, 0.1) is 0 Å². The molecule has 0 aliphatic carbocycles. The lowest BCUT2D eigenvalue weighted by molar-refractivity contribution is 2.10. The Morgan fingerprint density at radius 1 is 0.102 bits per heavy atom. The lowest BCUT2D eigenvalue weighted by Gasteiger charge is -1.41. The standard InChI is InChI=1S/C49H4/c1-3-5-7-9-11-13-15-17-19-21-23-25-27-29-31-33-35-37-39-41-43-45-47-49-48-46-44-42-40-38-36-34-32-30-28-26-24-22-20-18-16-14-12-10-8-6-4-2/h1-2H2. The van der Waals surface area contributed by atoms with Crippen LogP contribution in [-0.2, 0) is 0 Å². The number of hydrogen-bond acceptors (Lipinski definition) is 0. The first-order valence-electron chi connectivity index (χ1n) is 12.2. The van der Waals surface area contributed by atoms with Crippen LogP contribution in [0.3, 0.4) is 0 Å². The van der Waals surface area contributed by atoms with Gasteiger partial charge in [-0.05, 0) is 105 Å². The third kappa shape index (κ3) is 37.4. The maximum absolute atomic E-state index is 3.31. The summed E-state index contributed by atoms with van der Waals surface area (Å²) in [5.74, 6) is 0. The van der Waals surface area contributed by atoms with E-state index in [4.69, 9.17) is 0 Å². The van der Waals surface area contributed by atoms with Crippen molar-refractivity contribution in [3.8, 4) is 0 Å². The van der Waals surface area contributed by atoms with Crippen LogP contribution in [-0.4, -0.2) is 0 Å². The van der Waals surface area contributed by atoms with Crippen molar-refractivity contribution < 1.29 is 0 Å². The molecule has 200 valence electrons. The van der Waals surface area contributed by atoms with E-state index in [9.17, 15) is 0 Å². The van der Waals surface area contributed by atoms with Gasteiger partial charge in [-0.1, -0.05) is 11.5 Å². The maximum Gasteiger partial charge on any atom is 0 e. The molecule has 0 unspecified atom stereocenters. The Bertz CT molecular complexity index is 3110. The first-order chi connectivity index (χ1) is 24.4. The first-order valence-corrected chi connectivity index (χ1v) is 12.2. The van der Waals surface area contributed by atoms with Crippen LogP contribution >= 0.6 is 0 Å². The van der Waals surface area contributed by atoms with Crippen molar-refractivity contribution in [2.24, 2.45) is 0 Å². The third-order valence-corrected chi connectivity index (χ3v) is 2.93. The van der Waals surface area contributed by atoms with Gasteiger partial charge < -0.3 is 0 Å². The molecule has 0 spiro atoms. The van der Waals surface area contributed by atoms with Gasteiger partial charge in [-0.15, -0.1) is 0 Å². The summed E-state index contributed by atoms with van der Waals surface area (Å²) in [6.45, 7) is 6.62. The molecule has 0 heteroatoms. The quantitative estimate of drug-likeness (QED) is 0.250. The molecule has 0 N–H and O–H groups in total. The third-order valence-electron chi connectivity index (χ3n) is 2.93. The van der Waals surface area contributed by atoms with Crippen LogP contribution < -0.4 is 0 Å². The molecule has 0 fully saturated rings. The Labute approximate surface area is 281 Å². The predicted octanol–water partition coefficient (Wildman–Crippen LogP) is 8.09. The molecule has 0 aromatic carbocycles. The molecule has 0 saturated carbocycles. The fourth-order valence-electron chi connectivity index (χ4n) is 1.43. The minimum atomic E-state index is 2.37. The fourth-order valence-corrected chi connectivity index (χ4v) is 1.43. The van der Waals surface area contributed by atoms with Crippen LogP contribution in [0.2, 0.25) is 0 Å². The molecule has 0 aromatic heterocycles. The van der Waals surface area contributed by atoms with E-state index in [0.29, 0.717) is 0 Å². The molecule has 0 rings (SSSR count). The van der Waals surface area contributed by atoms with Crippen molar-refractivity contribution in [1.29, 1.82) is 0 Å². The van der Waals surface area contributed by atoms with Gasteiger partial charge in [0.1, 0.15) is 0 Å². The zero-order valence-electron chi connectivity index (χ0n) is 24.9. The SMILES string of the molecule is C=C=C=C=C=C=C=C=C=C=C=C=C=C=C=C=C=C=C=C=C=C=C=C=C=C=C=C=C=C=C=C=C=C=C=C=C=C=C=C=C=C=C=C=C=C=C=C=C. The van der Waals surface area contributed by atoms with Gasteiger partial charge in [0.15, 0.2) is 0 Å². The van der Waals surface area contributed by atoms with E-state index in [-0.39, 0.29) is 0 Å². The highest BCUT2D eigenvalue weighted by atomic mass is 13.5. The van der Waals surface area contributed by atoms with Gasteiger partial charge in [-0.25, -0.2) is 0 Å². The zero-order valence-corrected chi connectivity index (χ0v) is 24.9. The number of hydrogen-bond donors (Lipinski definition) is 0. The van der Waals surface area contributed by atoms with Crippen molar-refractivity contribution in [1.82, 2.24) is 0 Å². The van der Waals surface area contributed by atoms with E-state index in [2.05, 4.69) is 283 Å². The molecule has 0 aliphatic rings. The molecule has 0 aliphatic heterocycles. The molecule has 0 bridgehead atoms. The smallest absolute Gasteiger partial charge is 0 e. The Kier molecular flexibility index (Phi) is 29.3. The van der Waals surface area contributed by atoms with Crippen LogP contribution in [0.4, 0.5) is 0 Å². The Balaban J connectivity index is 6.08. The van der Waals surface area contributed by atoms with Crippen LogP contribution in [0.15, 0.2) is 283 Å². The highest BCUT2D eigenvalue weighted by Crippen LogP contribution is 1.61. The Morgan fingerprint density at radius 2 is 0.163 bits per heavy atom. The molecule has 0 radical (unpaired) electrons. The molecule has 0 heterocycles. The van der Waals surface area contributed by atoms with Crippen LogP contribution in [0.1, 0.15) is 0 Å². The summed E-state index contributed by atoms with van der Waals surface area (Å²) in [4.78, 5) is 0.